The van der Waals surface area contributed by atoms with Gasteiger partial charge in [0.25, 0.3) is 0 Å². The van der Waals surface area contributed by atoms with Crippen LogP contribution in [0.25, 0.3) is 0 Å². The summed E-state index contributed by atoms with van der Waals surface area (Å²) in [6, 6.07) is 3.74. The zero-order chi connectivity index (χ0) is 12.9. The molecule has 1 spiro atoms. The van der Waals surface area contributed by atoms with Crippen molar-refractivity contribution in [2.24, 2.45) is 5.73 Å². The van der Waals surface area contributed by atoms with Crippen molar-refractivity contribution in [1.82, 2.24) is 0 Å². The topological polar surface area (TPSA) is 55.5 Å². The van der Waals surface area contributed by atoms with Crippen molar-refractivity contribution in [2.75, 3.05) is 0 Å². The van der Waals surface area contributed by atoms with E-state index < -0.39 is 6.10 Å². The van der Waals surface area contributed by atoms with Gasteiger partial charge in [-0.1, -0.05) is 0 Å². The Labute approximate surface area is 108 Å². The van der Waals surface area contributed by atoms with Gasteiger partial charge in [-0.15, -0.1) is 0 Å². The number of aryl methyl sites for hydroxylation is 2. The fourth-order valence-corrected chi connectivity index (χ4v) is 3.31. The first kappa shape index (κ1) is 12.0. The van der Waals surface area contributed by atoms with Crippen LogP contribution in [0.2, 0.25) is 0 Å². The summed E-state index contributed by atoms with van der Waals surface area (Å²) in [5, 5.41) is 10.5. The van der Waals surface area contributed by atoms with E-state index in [0.717, 1.165) is 37.0 Å². The standard InChI is InChI=1S/C15H21NO2/c1-9-7-11-12(8-10(9)2)18-15(5-3-4-6-15)14(16)13(11)17/h7-8,13-14,17H,3-6,16H2,1-2H3. The van der Waals surface area contributed by atoms with Crippen LogP contribution in [0.1, 0.15) is 48.5 Å². The Bertz CT molecular complexity index is 478. The third kappa shape index (κ3) is 1.57. The number of benzene rings is 1. The Morgan fingerprint density at radius 3 is 2.50 bits per heavy atom. The summed E-state index contributed by atoms with van der Waals surface area (Å²) in [6.45, 7) is 4.12. The number of hydrogen-bond acceptors (Lipinski definition) is 3. The maximum Gasteiger partial charge on any atom is 0.127 e. The molecule has 2 aliphatic rings. The van der Waals surface area contributed by atoms with Crippen LogP contribution in [0.3, 0.4) is 0 Å². The van der Waals surface area contributed by atoms with E-state index in [0.29, 0.717) is 0 Å². The lowest BCUT2D eigenvalue weighted by atomic mass is 9.82. The van der Waals surface area contributed by atoms with Gasteiger partial charge in [0.05, 0.1) is 6.04 Å². The quantitative estimate of drug-likeness (QED) is 0.740. The molecule has 1 heterocycles. The first-order valence-corrected chi connectivity index (χ1v) is 6.77. The van der Waals surface area contributed by atoms with E-state index in [1.165, 1.54) is 11.1 Å². The lowest BCUT2D eigenvalue weighted by Crippen LogP contribution is -2.56. The Kier molecular flexibility index (Phi) is 2.65. The molecule has 3 N–H and O–H groups in total. The Morgan fingerprint density at radius 1 is 1.22 bits per heavy atom. The number of hydrogen-bond donors (Lipinski definition) is 2. The summed E-state index contributed by atoms with van der Waals surface area (Å²) >= 11 is 0. The van der Waals surface area contributed by atoms with Crippen LogP contribution in [0, 0.1) is 13.8 Å². The molecule has 18 heavy (non-hydrogen) atoms. The van der Waals surface area contributed by atoms with Crippen molar-refractivity contribution in [3.8, 4) is 5.75 Å². The summed E-state index contributed by atoms with van der Waals surface area (Å²) in [5.41, 5.74) is 9.13. The lowest BCUT2D eigenvalue weighted by Gasteiger charge is -2.43. The van der Waals surface area contributed by atoms with Gasteiger partial charge in [0.1, 0.15) is 17.5 Å². The van der Waals surface area contributed by atoms with Crippen LogP contribution in [-0.2, 0) is 0 Å². The second-order valence-corrected chi connectivity index (χ2v) is 5.82. The maximum absolute atomic E-state index is 10.5. The molecule has 3 rings (SSSR count). The van der Waals surface area contributed by atoms with E-state index in [4.69, 9.17) is 10.5 Å². The number of nitrogens with two attached hydrogens (primary N) is 1. The average Bonchev–Trinajstić information content (AvgIpc) is 2.79. The molecule has 1 saturated carbocycles. The number of aliphatic hydroxyl groups excluding tert-OH is 1. The highest BCUT2D eigenvalue weighted by atomic mass is 16.5. The van der Waals surface area contributed by atoms with Gasteiger partial charge < -0.3 is 15.6 Å². The molecule has 0 amide bonds. The zero-order valence-electron chi connectivity index (χ0n) is 11.1. The van der Waals surface area contributed by atoms with Crippen molar-refractivity contribution >= 4 is 0 Å². The van der Waals surface area contributed by atoms with Gasteiger partial charge in [0.15, 0.2) is 0 Å². The monoisotopic (exact) mass is 247 g/mol. The summed E-state index contributed by atoms with van der Waals surface area (Å²) < 4.78 is 6.21. The molecule has 0 radical (unpaired) electrons. The number of ether oxygens (including phenoxy) is 1. The number of aliphatic hydroxyl groups is 1. The van der Waals surface area contributed by atoms with Crippen LogP contribution in [0.5, 0.6) is 5.75 Å². The van der Waals surface area contributed by atoms with Gasteiger partial charge in [0.2, 0.25) is 0 Å². The molecule has 2 unspecified atom stereocenters. The minimum absolute atomic E-state index is 0.311. The molecule has 98 valence electrons. The molecule has 0 saturated heterocycles. The summed E-state index contributed by atoms with van der Waals surface area (Å²) in [7, 11) is 0. The molecule has 2 atom stereocenters. The van der Waals surface area contributed by atoms with Crippen LogP contribution in [0.4, 0.5) is 0 Å². The minimum Gasteiger partial charge on any atom is -0.485 e. The first-order valence-electron chi connectivity index (χ1n) is 6.77. The predicted octanol–water partition coefficient (Wildman–Crippen LogP) is 2.37. The molecule has 0 bridgehead atoms. The smallest absolute Gasteiger partial charge is 0.127 e. The molecular weight excluding hydrogens is 226 g/mol. The van der Waals surface area contributed by atoms with Gasteiger partial charge >= 0.3 is 0 Å². The Morgan fingerprint density at radius 2 is 1.83 bits per heavy atom. The third-order valence-corrected chi connectivity index (χ3v) is 4.66. The molecule has 1 aromatic carbocycles. The summed E-state index contributed by atoms with van der Waals surface area (Å²) in [4.78, 5) is 0. The Hall–Kier alpha value is -1.06. The largest absolute Gasteiger partial charge is 0.485 e. The van der Waals surface area contributed by atoms with Crippen molar-refractivity contribution in [2.45, 2.75) is 57.3 Å². The highest BCUT2D eigenvalue weighted by Crippen LogP contribution is 2.47. The van der Waals surface area contributed by atoms with Crippen LogP contribution >= 0.6 is 0 Å². The van der Waals surface area contributed by atoms with E-state index in [-0.39, 0.29) is 11.6 Å². The van der Waals surface area contributed by atoms with Gasteiger partial charge in [-0.2, -0.15) is 0 Å². The number of rotatable bonds is 0. The summed E-state index contributed by atoms with van der Waals surface area (Å²) in [5.74, 6) is 0.828. The van der Waals surface area contributed by atoms with Gasteiger partial charge in [-0.05, 0) is 62.8 Å². The van der Waals surface area contributed by atoms with E-state index in [1.54, 1.807) is 0 Å². The first-order chi connectivity index (χ1) is 8.53. The van der Waals surface area contributed by atoms with Crippen molar-refractivity contribution in [3.63, 3.8) is 0 Å². The normalized spacial score (nSPS) is 29.1. The van der Waals surface area contributed by atoms with Gasteiger partial charge in [-0.25, -0.2) is 0 Å². The van der Waals surface area contributed by atoms with E-state index >= 15 is 0 Å². The number of fused-ring (bicyclic) bond motifs is 1. The molecule has 3 heteroatoms. The van der Waals surface area contributed by atoms with Gasteiger partial charge in [0, 0.05) is 5.56 Å². The maximum atomic E-state index is 10.5. The average molecular weight is 247 g/mol. The van der Waals surface area contributed by atoms with E-state index in [2.05, 4.69) is 6.92 Å². The third-order valence-electron chi connectivity index (χ3n) is 4.66. The fraction of sp³-hybridized carbons (Fsp3) is 0.600. The fourth-order valence-electron chi connectivity index (χ4n) is 3.31. The van der Waals surface area contributed by atoms with Crippen LogP contribution < -0.4 is 10.5 Å². The van der Waals surface area contributed by atoms with Crippen molar-refractivity contribution in [1.29, 1.82) is 0 Å². The second-order valence-electron chi connectivity index (χ2n) is 5.82. The predicted molar refractivity (Wildman–Crippen MR) is 70.7 cm³/mol. The zero-order valence-corrected chi connectivity index (χ0v) is 11.1. The Balaban J connectivity index is 2.08. The molecule has 3 nitrogen and oxygen atoms in total. The lowest BCUT2D eigenvalue weighted by molar-refractivity contribution is -0.0316. The highest BCUT2D eigenvalue weighted by Gasteiger charge is 2.49. The molecule has 1 aliphatic carbocycles. The van der Waals surface area contributed by atoms with Gasteiger partial charge in [-0.3, -0.25) is 0 Å². The van der Waals surface area contributed by atoms with Crippen molar-refractivity contribution in [3.05, 3.63) is 28.8 Å². The molecule has 1 aliphatic heterocycles. The molecule has 1 fully saturated rings. The highest BCUT2D eigenvalue weighted by molar-refractivity contribution is 5.46. The molecule has 1 aromatic rings. The van der Waals surface area contributed by atoms with Crippen LogP contribution in [0.15, 0.2) is 12.1 Å². The van der Waals surface area contributed by atoms with E-state index in [9.17, 15) is 5.11 Å². The minimum atomic E-state index is -0.605. The molecule has 0 aromatic heterocycles. The van der Waals surface area contributed by atoms with Crippen molar-refractivity contribution < 1.29 is 9.84 Å². The van der Waals surface area contributed by atoms with Crippen LogP contribution in [-0.4, -0.2) is 16.7 Å². The second kappa shape index (κ2) is 3.97. The molecular formula is C15H21NO2. The SMILES string of the molecule is Cc1cc2c(cc1C)C(O)C(N)C1(CCCC1)O2. The summed E-state index contributed by atoms with van der Waals surface area (Å²) in [6.07, 6.45) is 3.59. The van der Waals surface area contributed by atoms with E-state index in [1.807, 2.05) is 19.1 Å².